The Hall–Kier alpha value is -2.38. The third kappa shape index (κ3) is 4.05. The summed E-state index contributed by atoms with van der Waals surface area (Å²) in [5, 5.41) is 2.84. The van der Waals surface area contributed by atoms with Gasteiger partial charge >= 0.3 is 0 Å². The largest absolute Gasteiger partial charge is 0.359 e. The molecule has 0 fully saturated rings. The molecule has 150 valence electrons. The van der Waals surface area contributed by atoms with E-state index in [4.69, 9.17) is 0 Å². The zero-order chi connectivity index (χ0) is 20.3. The van der Waals surface area contributed by atoms with E-state index in [0.717, 1.165) is 12.1 Å². The van der Waals surface area contributed by atoms with Crippen molar-refractivity contribution in [2.45, 2.75) is 38.1 Å². The molecule has 28 heavy (non-hydrogen) atoms. The Balaban J connectivity index is 1.74. The summed E-state index contributed by atoms with van der Waals surface area (Å²) in [6.07, 6.45) is 0.918. The number of benzene rings is 2. The molecule has 7 heteroatoms. The summed E-state index contributed by atoms with van der Waals surface area (Å²) in [5.74, 6) is -0.166. The van der Waals surface area contributed by atoms with Gasteiger partial charge in [0, 0.05) is 30.5 Å². The van der Waals surface area contributed by atoms with Gasteiger partial charge in [-0.25, -0.2) is 8.42 Å². The van der Waals surface area contributed by atoms with Crippen molar-refractivity contribution in [3.05, 3.63) is 54.1 Å². The predicted molar refractivity (Wildman–Crippen MR) is 112 cm³/mol. The maximum absolute atomic E-state index is 12.7. The number of fused-ring (bicyclic) bond motifs is 1. The number of carbonyl (C=O) groups excluding carboxylic acids is 1. The van der Waals surface area contributed by atoms with Crippen molar-refractivity contribution in [2.24, 2.45) is 0 Å². The second-order valence-electron chi connectivity index (χ2n) is 6.98. The van der Waals surface area contributed by atoms with Gasteiger partial charge in [-0.3, -0.25) is 4.79 Å². The van der Waals surface area contributed by atoms with Crippen LogP contribution in [0.2, 0.25) is 0 Å². The number of rotatable bonds is 7. The third-order valence-electron chi connectivity index (χ3n) is 5.12. The summed E-state index contributed by atoms with van der Waals surface area (Å²) in [7, 11) is -3.56. The maximum atomic E-state index is 12.7. The summed E-state index contributed by atoms with van der Waals surface area (Å²) in [5.41, 5.74) is 2.82. The number of amides is 1. The van der Waals surface area contributed by atoms with Crippen LogP contribution in [0.15, 0.2) is 53.4 Å². The van der Waals surface area contributed by atoms with Crippen LogP contribution in [0, 0.1) is 0 Å². The van der Waals surface area contributed by atoms with E-state index in [-0.39, 0.29) is 23.4 Å². The zero-order valence-electron chi connectivity index (χ0n) is 16.6. The summed E-state index contributed by atoms with van der Waals surface area (Å²) in [4.78, 5) is 14.9. The summed E-state index contributed by atoms with van der Waals surface area (Å²) >= 11 is 0. The molecule has 0 saturated heterocycles. The average molecular weight is 402 g/mol. The van der Waals surface area contributed by atoms with Gasteiger partial charge in [-0.15, -0.1) is 0 Å². The highest BCUT2D eigenvalue weighted by Crippen LogP contribution is 2.31. The monoisotopic (exact) mass is 401 g/mol. The lowest BCUT2D eigenvalue weighted by molar-refractivity contribution is -0.115. The predicted octanol–water partition coefficient (Wildman–Crippen LogP) is 3.11. The number of sulfonamides is 1. The van der Waals surface area contributed by atoms with Crippen LogP contribution in [0.5, 0.6) is 0 Å². The van der Waals surface area contributed by atoms with Crippen LogP contribution in [0.4, 0.5) is 11.4 Å². The summed E-state index contributed by atoms with van der Waals surface area (Å²) in [6, 6.07) is 14.8. The highest BCUT2D eigenvalue weighted by molar-refractivity contribution is 7.89. The van der Waals surface area contributed by atoms with Crippen molar-refractivity contribution in [3.8, 4) is 0 Å². The molecule has 1 aliphatic heterocycles. The average Bonchev–Trinajstić information content (AvgIpc) is 2.98. The molecule has 1 N–H and O–H groups in total. The smallest absolute Gasteiger partial charge is 0.243 e. The van der Waals surface area contributed by atoms with E-state index in [2.05, 4.69) is 23.2 Å². The van der Waals surface area contributed by atoms with E-state index >= 15 is 0 Å². The van der Waals surface area contributed by atoms with Crippen molar-refractivity contribution in [1.29, 1.82) is 0 Å². The standard InChI is InChI=1S/C21H27N3O3S/c1-4-23(5-2)28(26,27)19-11-8-10-18(14-19)22-21(25)15-24-16(3)13-17-9-6-7-12-20(17)24/h6-12,14,16H,4-5,13,15H2,1-3H3,(H,22,25)/t16-/m1/s1. The topological polar surface area (TPSA) is 69.7 Å². The molecule has 1 heterocycles. The fourth-order valence-electron chi connectivity index (χ4n) is 3.67. The Labute approximate surface area is 167 Å². The summed E-state index contributed by atoms with van der Waals surface area (Å²) < 4.78 is 26.8. The van der Waals surface area contributed by atoms with Crippen molar-refractivity contribution >= 4 is 27.3 Å². The van der Waals surface area contributed by atoms with Gasteiger partial charge in [-0.05, 0) is 43.2 Å². The van der Waals surface area contributed by atoms with Crippen LogP contribution in [0.1, 0.15) is 26.3 Å². The second kappa shape index (κ2) is 8.32. The quantitative estimate of drug-likeness (QED) is 0.774. The number of nitrogens with zero attached hydrogens (tertiary/aromatic N) is 2. The molecule has 1 amide bonds. The number of hydrogen-bond donors (Lipinski definition) is 1. The molecule has 2 aromatic carbocycles. The van der Waals surface area contributed by atoms with E-state index in [0.29, 0.717) is 18.8 Å². The molecular weight excluding hydrogens is 374 g/mol. The zero-order valence-corrected chi connectivity index (χ0v) is 17.4. The lowest BCUT2D eigenvalue weighted by Gasteiger charge is -2.24. The van der Waals surface area contributed by atoms with Gasteiger partial charge in [0.2, 0.25) is 15.9 Å². The normalized spacial score (nSPS) is 16.3. The van der Waals surface area contributed by atoms with Crippen LogP contribution in [0.25, 0.3) is 0 Å². The lowest BCUT2D eigenvalue weighted by atomic mass is 10.1. The van der Waals surface area contributed by atoms with Gasteiger partial charge in [0.25, 0.3) is 0 Å². The fraction of sp³-hybridized carbons (Fsp3) is 0.381. The molecular formula is C21H27N3O3S. The molecule has 1 atom stereocenters. The molecule has 3 rings (SSSR count). The van der Waals surface area contributed by atoms with Gasteiger partial charge in [-0.2, -0.15) is 4.31 Å². The minimum absolute atomic E-state index is 0.166. The number of nitrogens with one attached hydrogen (secondary N) is 1. The molecule has 0 spiro atoms. The van der Waals surface area contributed by atoms with Crippen molar-refractivity contribution < 1.29 is 13.2 Å². The van der Waals surface area contributed by atoms with E-state index in [1.54, 1.807) is 18.2 Å². The van der Waals surface area contributed by atoms with Gasteiger partial charge in [0.1, 0.15) is 0 Å². The Morgan fingerprint density at radius 2 is 1.86 bits per heavy atom. The van der Waals surface area contributed by atoms with Gasteiger partial charge in [0.15, 0.2) is 0 Å². The van der Waals surface area contributed by atoms with Crippen LogP contribution in [0.3, 0.4) is 0 Å². The SMILES string of the molecule is CCN(CC)S(=O)(=O)c1cccc(NC(=O)CN2c3ccccc3C[C@H]2C)c1. The molecule has 1 aliphatic rings. The van der Waals surface area contributed by atoms with Crippen molar-refractivity contribution in [3.63, 3.8) is 0 Å². The Morgan fingerprint density at radius 1 is 1.14 bits per heavy atom. The van der Waals surface area contributed by atoms with E-state index in [1.807, 2.05) is 32.0 Å². The molecule has 0 radical (unpaired) electrons. The molecule has 0 bridgehead atoms. The molecule has 2 aromatic rings. The van der Waals surface area contributed by atoms with Crippen LogP contribution < -0.4 is 10.2 Å². The lowest BCUT2D eigenvalue weighted by Crippen LogP contribution is -2.37. The molecule has 0 aromatic heterocycles. The minimum Gasteiger partial charge on any atom is -0.359 e. The van der Waals surface area contributed by atoms with Gasteiger partial charge in [-0.1, -0.05) is 38.1 Å². The van der Waals surface area contributed by atoms with Gasteiger partial charge < -0.3 is 10.2 Å². The van der Waals surface area contributed by atoms with Crippen LogP contribution in [-0.4, -0.2) is 44.3 Å². The molecule has 6 nitrogen and oxygen atoms in total. The number of carbonyl (C=O) groups is 1. The highest BCUT2D eigenvalue weighted by atomic mass is 32.2. The molecule has 0 saturated carbocycles. The fourth-order valence-corrected chi connectivity index (χ4v) is 5.18. The first-order valence-electron chi connectivity index (χ1n) is 9.61. The first-order valence-corrected chi connectivity index (χ1v) is 11.1. The van der Waals surface area contributed by atoms with Crippen molar-refractivity contribution in [1.82, 2.24) is 4.31 Å². The third-order valence-corrected chi connectivity index (χ3v) is 7.17. The van der Waals surface area contributed by atoms with Crippen LogP contribution in [-0.2, 0) is 21.2 Å². The number of para-hydroxylation sites is 1. The first kappa shape index (κ1) is 20.4. The Kier molecular flexibility index (Phi) is 6.05. The highest BCUT2D eigenvalue weighted by Gasteiger charge is 2.27. The maximum Gasteiger partial charge on any atom is 0.243 e. The van der Waals surface area contributed by atoms with Crippen molar-refractivity contribution in [2.75, 3.05) is 29.9 Å². The molecule has 0 aliphatic carbocycles. The van der Waals surface area contributed by atoms with Gasteiger partial charge in [0.05, 0.1) is 11.4 Å². The van der Waals surface area contributed by atoms with E-state index in [9.17, 15) is 13.2 Å². The second-order valence-corrected chi connectivity index (χ2v) is 8.91. The molecule has 0 unspecified atom stereocenters. The minimum atomic E-state index is -3.56. The Morgan fingerprint density at radius 3 is 2.57 bits per heavy atom. The summed E-state index contributed by atoms with van der Waals surface area (Å²) in [6.45, 7) is 6.75. The van der Waals surface area contributed by atoms with E-state index in [1.165, 1.54) is 15.9 Å². The Bertz CT molecular complexity index is 955. The van der Waals surface area contributed by atoms with E-state index < -0.39 is 10.0 Å². The van der Waals surface area contributed by atoms with Crippen LogP contribution >= 0.6 is 0 Å². The number of anilines is 2. The number of hydrogen-bond acceptors (Lipinski definition) is 4. The first-order chi connectivity index (χ1) is 13.4.